The van der Waals surface area contributed by atoms with Gasteiger partial charge in [-0.15, -0.1) is 0 Å². The summed E-state index contributed by atoms with van der Waals surface area (Å²) in [6.45, 7) is 3.70. The second-order valence-electron chi connectivity index (χ2n) is 5.77. The Kier molecular flexibility index (Phi) is 3.33. The fourth-order valence-corrected chi connectivity index (χ4v) is 2.55. The summed E-state index contributed by atoms with van der Waals surface area (Å²) in [6, 6.07) is 3.45. The Morgan fingerprint density at radius 2 is 2.14 bits per heavy atom. The molecule has 1 aliphatic rings. The first-order valence-electron chi connectivity index (χ1n) is 7.05. The van der Waals surface area contributed by atoms with E-state index in [1.807, 2.05) is 24.7 Å². The summed E-state index contributed by atoms with van der Waals surface area (Å²) < 4.78 is 7.38. The summed E-state index contributed by atoms with van der Waals surface area (Å²) in [6.07, 6.45) is 2.85. The maximum atomic E-state index is 11.4. The minimum atomic E-state index is -1.01. The van der Waals surface area contributed by atoms with Gasteiger partial charge in [0.1, 0.15) is 11.3 Å². The number of carbonyl (C=O) groups is 1. The number of ether oxygens (including phenoxy) is 1. The minimum Gasteiger partial charge on any atom is -0.490 e. The molecular weight excluding hydrogens is 272 g/mol. The van der Waals surface area contributed by atoms with E-state index in [9.17, 15) is 15.0 Å². The van der Waals surface area contributed by atoms with Gasteiger partial charge in [-0.1, -0.05) is 0 Å². The predicted octanol–water partition coefficient (Wildman–Crippen LogP) is 2.22. The highest BCUT2D eigenvalue weighted by Crippen LogP contribution is 2.34. The van der Waals surface area contributed by atoms with Crippen LogP contribution in [0.5, 0.6) is 5.75 Å². The molecule has 0 radical (unpaired) electrons. The van der Waals surface area contributed by atoms with Crippen molar-refractivity contribution in [3.8, 4) is 5.75 Å². The number of aliphatic hydroxyl groups excluding tert-OH is 1. The molecule has 2 aromatic rings. The van der Waals surface area contributed by atoms with Crippen molar-refractivity contribution in [3.63, 3.8) is 0 Å². The first-order chi connectivity index (χ1) is 9.94. The highest BCUT2D eigenvalue weighted by Gasteiger charge is 2.29. The first kappa shape index (κ1) is 13.9. The molecule has 1 aromatic heterocycles. The third kappa shape index (κ3) is 2.58. The molecule has 6 heteroatoms. The molecule has 1 aliphatic carbocycles. The average Bonchev–Trinajstić information content (AvgIpc) is 2.75. The van der Waals surface area contributed by atoms with E-state index >= 15 is 0 Å². The number of aromatic nitrogens is 2. The number of aromatic carboxylic acids is 1. The Balaban J connectivity index is 2.02. The predicted molar refractivity (Wildman–Crippen MR) is 76.7 cm³/mol. The number of carboxylic acid groups (broad SMARTS) is 1. The van der Waals surface area contributed by atoms with E-state index in [2.05, 4.69) is 5.10 Å². The van der Waals surface area contributed by atoms with Crippen molar-refractivity contribution < 1.29 is 19.7 Å². The maximum absolute atomic E-state index is 11.4. The summed E-state index contributed by atoms with van der Waals surface area (Å²) >= 11 is 0. The van der Waals surface area contributed by atoms with Gasteiger partial charge in [-0.3, -0.25) is 4.68 Å². The Labute approximate surface area is 121 Å². The summed E-state index contributed by atoms with van der Waals surface area (Å²) in [5.41, 5.74) is 0.849. The van der Waals surface area contributed by atoms with Crippen molar-refractivity contribution in [2.75, 3.05) is 0 Å². The van der Waals surface area contributed by atoms with Crippen molar-refractivity contribution in [1.82, 2.24) is 9.78 Å². The number of rotatable bonds is 4. The van der Waals surface area contributed by atoms with E-state index in [1.165, 1.54) is 0 Å². The lowest BCUT2D eigenvalue weighted by Gasteiger charge is -2.31. The molecule has 0 spiro atoms. The molecule has 0 saturated heterocycles. The van der Waals surface area contributed by atoms with Crippen LogP contribution in [-0.4, -0.2) is 38.2 Å². The molecule has 1 saturated carbocycles. The number of hydrogen-bond donors (Lipinski definition) is 2. The zero-order valence-corrected chi connectivity index (χ0v) is 12.0. The van der Waals surface area contributed by atoms with Crippen molar-refractivity contribution in [3.05, 3.63) is 23.9 Å². The molecule has 0 unspecified atom stereocenters. The maximum Gasteiger partial charge on any atom is 0.339 e. The van der Waals surface area contributed by atoms with Crippen LogP contribution in [0.4, 0.5) is 0 Å². The van der Waals surface area contributed by atoms with Gasteiger partial charge in [0.05, 0.1) is 23.8 Å². The highest BCUT2D eigenvalue weighted by atomic mass is 16.5. The molecule has 1 heterocycles. The zero-order valence-electron chi connectivity index (χ0n) is 12.0. The lowest BCUT2D eigenvalue weighted by atomic mass is 9.90. The fraction of sp³-hybridized carbons (Fsp3) is 0.467. The van der Waals surface area contributed by atoms with Gasteiger partial charge in [0.25, 0.3) is 0 Å². The van der Waals surface area contributed by atoms with Crippen LogP contribution in [0.2, 0.25) is 0 Å². The Morgan fingerprint density at radius 3 is 2.71 bits per heavy atom. The fourth-order valence-electron chi connectivity index (χ4n) is 2.55. The van der Waals surface area contributed by atoms with Crippen LogP contribution in [0.25, 0.3) is 10.9 Å². The van der Waals surface area contributed by atoms with Gasteiger partial charge >= 0.3 is 5.97 Å². The van der Waals surface area contributed by atoms with Crippen LogP contribution in [0, 0.1) is 0 Å². The largest absolute Gasteiger partial charge is 0.490 e. The molecule has 0 amide bonds. The molecule has 3 rings (SSSR count). The van der Waals surface area contributed by atoms with Gasteiger partial charge in [0.2, 0.25) is 0 Å². The average molecular weight is 290 g/mol. The van der Waals surface area contributed by atoms with Crippen LogP contribution in [0.1, 0.15) is 43.1 Å². The second-order valence-corrected chi connectivity index (χ2v) is 5.77. The number of aliphatic hydroxyl groups is 1. The van der Waals surface area contributed by atoms with E-state index in [4.69, 9.17) is 4.74 Å². The van der Waals surface area contributed by atoms with Gasteiger partial charge < -0.3 is 14.9 Å². The third-order valence-electron chi connectivity index (χ3n) is 3.68. The number of hydrogen-bond acceptors (Lipinski definition) is 4. The summed E-state index contributed by atoms with van der Waals surface area (Å²) in [5.74, 6) is -0.678. The smallest absolute Gasteiger partial charge is 0.339 e. The number of benzene rings is 1. The monoisotopic (exact) mass is 290 g/mol. The summed E-state index contributed by atoms with van der Waals surface area (Å²) in [4.78, 5) is 11.4. The van der Waals surface area contributed by atoms with Crippen molar-refractivity contribution >= 4 is 16.9 Å². The molecular formula is C15H18N2O4. The molecule has 1 fully saturated rings. The molecule has 1 aromatic carbocycles. The van der Waals surface area contributed by atoms with E-state index in [1.54, 1.807) is 12.1 Å². The van der Waals surface area contributed by atoms with Gasteiger partial charge in [-0.2, -0.15) is 5.10 Å². The van der Waals surface area contributed by atoms with E-state index < -0.39 is 5.97 Å². The Bertz CT molecular complexity index is 686. The number of carboxylic acids is 1. The molecule has 2 N–H and O–H groups in total. The van der Waals surface area contributed by atoms with E-state index in [-0.39, 0.29) is 23.8 Å². The highest BCUT2D eigenvalue weighted by molar-refractivity contribution is 5.96. The Hall–Kier alpha value is -2.08. The molecule has 6 nitrogen and oxygen atoms in total. The van der Waals surface area contributed by atoms with Crippen LogP contribution in [0.3, 0.4) is 0 Å². The van der Waals surface area contributed by atoms with Gasteiger partial charge in [-0.25, -0.2) is 4.79 Å². The quantitative estimate of drug-likeness (QED) is 0.902. The molecule has 0 atom stereocenters. The van der Waals surface area contributed by atoms with Gasteiger partial charge in [-0.05, 0) is 32.8 Å². The van der Waals surface area contributed by atoms with Crippen molar-refractivity contribution in [1.29, 1.82) is 0 Å². The summed E-state index contributed by atoms with van der Waals surface area (Å²) in [7, 11) is 0. The van der Waals surface area contributed by atoms with Crippen molar-refractivity contribution in [2.24, 2.45) is 0 Å². The standard InChI is InChI=1S/C15H18N2O4/c1-8(2)21-14-6-13-9(3-12(14)15(19)20)7-17(16-13)10-4-11(18)5-10/h3,6-8,10-11,18H,4-5H2,1-2H3,(H,19,20). The van der Waals surface area contributed by atoms with Crippen LogP contribution in [0.15, 0.2) is 18.3 Å². The molecule has 0 aliphatic heterocycles. The van der Waals surface area contributed by atoms with E-state index in [0.717, 1.165) is 5.39 Å². The third-order valence-corrected chi connectivity index (χ3v) is 3.68. The lowest BCUT2D eigenvalue weighted by Crippen LogP contribution is -2.30. The Morgan fingerprint density at radius 1 is 1.43 bits per heavy atom. The normalized spacial score (nSPS) is 21.5. The molecule has 0 bridgehead atoms. The van der Waals surface area contributed by atoms with Gasteiger partial charge in [0.15, 0.2) is 0 Å². The summed E-state index contributed by atoms with van der Waals surface area (Å²) in [5, 5.41) is 23.9. The topological polar surface area (TPSA) is 84.6 Å². The SMILES string of the molecule is CC(C)Oc1cc2nn(C3CC(O)C3)cc2cc1C(=O)O. The number of nitrogens with zero attached hydrogens (tertiary/aromatic N) is 2. The second kappa shape index (κ2) is 5.04. The first-order valence-corrected chi connectivity index (χ1v) is 7.05. The van der Waals surface area contributed by atoms with E-state index in [0.29, 0.717) is 24.1 Å². The minimum absolute atomic E-state index is 0.107. The lowest BCUT2D eigenvalue weighted by molar-refractivity contribution is 0.0437. The van der Waals surface area contributed by atoms with Crippen LogP contribution < -0.4 is 4.74 Å². The van der Waals surface area contributed by atoms with Crippen LogP contribution >= 0.6 is 0 Å². The molecule has 112 valence electrons. The van der Waals surface area contributed by atoms with Crippen LogP contribution in [-0.2, 0) is 0 Å². The number of fused-ring (bicyclic) bond motifs is 1. The van der Waals surface area contributed by atoms with Crippen molar-refractivity contribution in [2.45, 2.75) is 44.9 Å². The zero-order chi connectivity index (χ0) is 15.1. The molecule has 21 heavy (non-hydrogen) atoms. The van der Waals surface area contributed by atoms with Gasteiger partial charge in [0, 0.05) is 17.6 Å².